The maximum atomic E-state index is 13.0. The molecule has 158 valence electrons. The fourth-order valence-electron chi connectivity index (χ4n) is 3.96. The van der Waals surface area contributed by atoms with Gasteiger partial charge in [-0.2, -0.15) is 0 Å². The number of hydrogen-bond donors (Lipinski definition) is 0. The number of ether oxygens (including phenoxy) is 1. The molecule has 0 N–H and O–H groups in total. The molecule has 1 aliphatic heterocycles. The highest BCUT2D eigenvalue weighted by atomic mass is 16.5. The van der Waals surface area contributed by atoms with Gasteiger partial charge in [0, 0.05) is 25.8 Å². The minimum Gasteiger partial charge on any atom is -0.452 e. The number of esters is 1. The van der Waals surface area contributed by atoms with Crippen molar-refractivity contribution in [1.82, 2.24) is 4.90 Å². The monoisotopic (exact) mass is 408 g/mol. The van der Waals surface area contributed by atoms with E-state index in [4.69, 9.17) is 4.74 Å². The average molecular weight is 408 g/mol. The zero-order chi connectivity index (χ0) is 21.7. The van der Waals surface area contributed by atoms with Crippen molar-refractivity contribution in [3.8, 4) is 0 Å². The Labute approximate surface area is 177 Å². The SMILES string of the molecule is C[C@@H]1C[C@H](C)CN(C(=O)COC(=O)c2ccccc2C(=O)N(C)c2ccccc2)C1. The first-order valence-corrected chi connectivity index (χ1v) is 10.2. The number of anilines is 1. The van der Waals surface area contributed by atoms with Gasteiger partial charge in [0.2, 0.25) is 0 Å². The number of carbonyl (C=O) groups is 3. The maximum Gasteiger partial charge on any atom is 0.339 e. The van der Waals surface area contributed by atoms with E-state index in [1.54, 1.807) is 36.2 Å². The normalized spacial score (nSPS) is 18.6. The van der Waals surface area contributed by atoms with Gasteiger partial charge in [0.25, 0.3) is 11.8 Å². The predicted octanol–water partition coefficient (Wildman–Crippen LogP) is 3.62. The van der Waals surface area contributed by atoms with Crippen LogP contribution in [0, 0.1) is 11.8 Å². The number of carbonyl (C=O) groups excluding carboxylic acids is 3. The molecule has 1 aliphatic rings. The molecule has 0 aromatic heterocycles. The lowest BCUT2D eigenvalue weighted by Gasteiger charge is -2.34. The predicted molar refractivity (Wildman–Crippen MR) is 115 cm³/mol. The van der Waals surface area contributed by atoms with Crippen molar-refractivity contribution < 1.29 is 19.1 Å². The van der Waals surface area contributed by atoms with Gasteiger partial charge in [-0.3, -0.25) is 9.59 Å². The van der Waals surface area contributed by atoms with E-state index in [0.717, 1.165) is 6.42 Å². The van der Waals surface area contributed by atoms with E-state index >= 15 is 0 Å². The summed E-state index contributed by atoms with van der Waals surface area (Å²) in [7, 11) is 1.65. The van der Waals surface area contributed by atoms with E-state index in [2.05, 4.69) is 13.8 Å². The van der Waals surface area contributed by atoms with E-state index in [9.17, 15) is 14.4 Å². The molecular formula is C24H28N2O4. The molecule has 2 aromatic carbocycles. The molecule has 3 rings (SSSR count). The largest absolute Gasteiger partial charge is 0.452 e. The summed E-state index contributed by atoms with van der Waals surface area (Å²) in [4.78, 5) is 41.4. The molecule has 2 amide bonds. The molecular weight excluding hydrogens is 380 g/mol. The lowest BCUT2D eigenvalue weighted by molar-refractivity contribution is -0.137. The lowest BCUT2D eigenvalue weighted by atomic mass is 9.92. The summed E-state index contributed by atoms with van der Waals surface area (Å²) >= 11 is 0. The van der Waals surface area contributed by atoms with Crippen LogP contribution in [-0.2, 0) is 9.53 Å². The summed E-state index contributed by atoms with van der Waals surface area (Å²) in [5, 5.41) is 0. The topological polar surface area (TPSA) is 66.9 Å². The van der Waals surface area contributed by atoms with Crippen molar-refractivity contribution in [2.24, 2.45) is 11.8 Å². The van der Waals surface area contributed by atoms with Crippen LogP contribution < -0.4 is 4.90 Å². The summed E-state index contributed by atoms with van der Waals surface area (Å²) in [5.41, 5.74) is 1.11. The van der Waals surface area contributed by atoms with E-state index in [0.29, 0.717) is 30.6 Å². The second kappa shape index (κ2) is 9.57. The molecule has 0 spiro atoms. The first-order chi connectivity index (χ1) is 14.4. The molecule has 1 heterocycles. The molecule has 6 heteroatoms. The van der Waals surface area contributed by atoms with Crippen LogP contribution in [0.2, 0.25) is 0 Å². The number of likely N-dealkylation sites (tertiary alicyclic amines) is 1. The Morgan fingerprint density at radius 1 is 0.933 bits per heavy atom. The van der Waals surface area contributed by atoms with Crippen LogP contribution >= 0.6 is 0 Å². The third-order valence-corrected chi connectivity index (χ3v) is 5.37. The molecule has 1 saturated heterocycles. The van der Waals surface area contributed by atoms with Crippen LogP contribution in [0.25, 0.3) is 0 Å². The summed E-state index contributed by atoms with van der Waals surface area (Å²) in [6.07, 6.45) is 1.09. The Morgan fingerprint density at radius 2 is 1.50 bits per heavy atom. The van der Waals surface area contributed by atoms with Crippen molar-refractivity contribution in [1.29, 1.82) is 0 Å². The molecule has 2 aromatic rings. The van der Waals surface area contributed by atoms with Gasteiger partial charge >= 0.3 is 5.97 Å². The highest BCUT2D eigenvalue weighted by Crippen LogP contribution is 2.21. The first-order valence-electron chi connectivity index (χ1n) is 10.2. The second-order valence-electron chi connectivity index (χ2n) is 8.07. The van der Waals surface area contributed by atoms with Gasteiger partial charge in [0.15, 0.2) is 6.61 Å². The number of piperidine rings is 1. The molecule has 1 fully saturated rings. The molecule has 0 bridgehead atoms. The summed E-state index contributed by atoms with van der Waals surface area (Å²) in [5.74, 6) is -0.335. The zero-order valence-electron chi connectivity index (χ0n) is 17.7. The Hall–Kier alpha value is -3.15. The molecule has 2 atom stereocenters. The van der Waals surface area contributed by atoms with Crippen LogP contribution in [0.4, 0.5) is 5.69 Å². The lowest BCUT2D eigenvalue weighted by Crippen LogP contribution is -2.44. The number of rotatable bonds is 5. The number of para-hydroxylation sites is 1. The smallest absolute Gasteiger partial charge is 0.339 e. The third kappa shape index (κ3) is 5.06. The zero-order valence-corrected chi connectivity index (χ0v) is 17.7. The minimum absolute atomic E-state index is 0.151. The number of hydrogen-bond acceptors (Lipinski definition) is 4. The van der Waals surface area contributed by atoms with Crippen LogP contribution in [-0.4, -0.2) is 49.4 Å². The van der Waals surface area contributed by atoms with E-state index in [-0.39, 0.29) is 29.5 Å². The highest BCUT2D eigenvalue weighted by molar-refractivity contribution is 6.12. The Balaban J connectivity index is 1.68. The average Bonchev–Trinajstić information content (AvgIpc) is 2.76. The highest BCUT2D eigenvalue weighted by Gasteiger charge is 2.27. The van der Waals surface area contributed by atoms with Gasteiger partial charge in [-0.05, 0) is 42.5 Å². The van der Waals surface area contributed by atoms with Crippen molar-refractivity contribution in [3.63, 3.8) is 0 Å². The van der Waals surface area contributed by atoms with Crippen molar-refractivity contribution >= 4 is 23.5 Å². The van der Waals surface area contributed by atoms with Gasteiger partial charge < -0.3 is 14.5 Å². The Bertz CT molecular complexity index is 902. The van der Waals surface area contributed by atoms with Crippen molar-refractivity contribution in [2.45, 2.75) is 20.3 Å². The van der Waals surface area contributed by atoms with Gasteiger partial charge in [0.1, 0.15) is 0 Å². The summed E-state index contributed by atoms with van der Waals surface area (Å²) in [6, 6.07) is 15.7. The van der Waals surface area contributed by atoms with E-state index in [1.807, 2.05) is 30.3 Å². The molecule has 0 unspecified atom stereocenters. The Kier molecular flexibility index (Phi) is 6.87. The number of amides is 2. The molecule has 30 heavy (non-hydrogen) atoms. The number of nitrogens with zero attached hydrogens (tertiary/aromatic N) is 2. The van der Waals surface area contributed by atoms with Gasteiger partial charge in [-0.1, -0.05) is 44.2 Å². The van der Waals surface area contributed by atoms with Gasteiger partial charge in [-0.15, -0.1) is 0 Å². The van der Waals surface area contributed by atoms with Crippen molar-refractivity contribution in [2.75, 3.05) is 31.6 Å². The van der Waals surface area contributed by atoms with E-state index in [1.165, 1.54) is 4.90 Å². The maximum absolute atomic E-state index is 13.0. The van der Waals surface area contributed by atoms with E-state index < -0.39 is 5.97 Å². The van der Waals surface area contributed by atoms with Crippen LogP contribution in [0.3, 0.4) is 0 Å². The van der Waals surface area contributed by atoms with Gasteiger partial charge in [0.05, 0.1) is 11.1 Å². The molecule has 0 aliphatic carbocycles. The summed E-state index contributed by atoms with van der Waals surface area (Å²) < 4.78 is 5.29. The first kappa shape index (κ1) is 21.6. The quantitative estimate of drug-likeness (QED) is 0.709. The standard InChI is InChI=1S/C24H28N2O4/c1-17-13-18(2)15-26(14-17)22(27)16-30-24(29)21-12-8-7-11-20(21)23(28)25(3)19-9-5-4-6-10-19/h4-12,17-18H,13-16H2,1-3H3/t17-,18+. The second-order valence-corrected chi connectivity index (χ2v) is 8.07. The molecule has 0 saturated carbocycles. The minimum atomic E-state index is -0.674. The van der Waals surface area contributed by atoms with Gasteiger partial charge in [-0.25, -0.2) is 4.79 Å². The third-order valence-electron chi connectivity index (χ3n) is 5.37. The fraction of sp³-hybridized carbons (Fsp3) is 0.375. The van der Waals surface area contributed by atoms with Crippen LogP contribution in [0.1, 0.15) is 41.0 Å². The Morgan fingerprint density at radius 3 is 2.13 bits per heavy atom. The molecule has 0 radical (unpaired) electrons. The fourth-order valence-corrected chi connectivity index (χ4v) is 3.96. The summed E-state index contributed by atoms with van der Waals surface area (Å²) in [6.45, 7) is 5.27. The van der Waals surface area contributed by atoms with Crippen molar-refractivity contribution in [3.05, 3.63) is 65.7 Å². The molecule has 6 nitrogen and oxygen atoms in total. The van der Waals surface area contributed by atoms with Crippen LogP contribution in [0.15, 0.2) is 54.6 Å². The number of benzene rings is 2. The van der Waals surface area contributed by atoms with Crippen LogP contribution in [0.5, 0.6) is 0 Å².